The van der Waals surface area contributed by atoms with Gasteiger partial charge >= 0.3 is 0 Å². The number of hydrogen-bond acceptors (Lipinski definition) is 5. The molecule has 0 bridgehead atoms. The van der Waals surface area contributed by atoms with Crippen molar-refractivity contribution in [3.63, 3.8) is 0 Å². The van der Waals surface area contributed by atoms with Crippen LogP contribution in [0.15, 0.2) is 48.5 Å². The van der Waals surface area contributed by atoms with E-state index in [4.69, 9.17) is 9.47 Å². The fraction of sp³-hybridized carbons (Fsp3) is 0.417. The van der Waals surface area contributed by atoms with E-state index in [9.17, 15) is 9.59 Å². The molecule has 2 rings (SSSR count). The summed E-state index contributed by atoms with van der Waals surface area (Å²) < 4.78 is 11.2. The van der Waals surface area contributed by atoms with E-state index in [0.717, 1.165) is 30.0 Å². The smallest absolute Gasteiger partial charge is 0.220 e. The summed E-state index contributed by atoms with van der Waals surface area (Å²) in [6.07, 6.45) is 1.28. The summed E-state index contributed by atoms with van der Waals surface area (Å²) in [5.74, 6) is 1.37. The number of amides is 1. The molecule has 0 saturated heterocycles. The van der Waals surface area contributed by atoms with Gasteiger partial charge in [-0.25, -0.2) is 0 Å². The lowest BCUT2D eigenvalue weighted by atomic mass is 10.1. The second kappa shape index (κ2) is 12.6. The van der Waals surface area contributed by atoms with Crippen LogP contribution < -0.4 is 14.8 Å². The molecule has 0 heterocycles. The molecule has 0 aliphatic carbocycles. The molecule has 1 amide bonds. The third-order valence-electron chi connectivity index (χ3n) is 4.45. The lowest BCUT2D eigenvalue weighted by Crippen LogP contribution is -2.23. The average molecular weight is 413 g/mol. The molecule has 30 heavy (non-hydrogen) atoms. The quantitative estimate of drug-likeness (QED) is 0.508. The molecule has 1 N–H and O–H groups in total. The highest BCUT2D eigenvalue weighted by Gasteiger charge is 2.10. The van der Waals surface area contributed by atoms with Gasteiger partial charge in [0, 0.05) is 31.5 Å². The molecule has 2 aromatic rings. The minimum Gasteiger partial charge on any atom is -0.494 e. The van der Waals surface area contributed by atoms with Crippen LogP contribution in [0.5, 0.6) is 11.5 Å². The number of carbonyl (C=O) groups excluding carboxylic acids is 2. The number of rotatable bonds is 13. The Bertz CT molecular complexity index is 786. The molecule has 0 aliphatic heterocycles. The van der Waals surface area contributed by atoms with Gasteiger partial charge in [0.05, 0.1) is 6.61 Å². The van der Waals surface area contributed by atoms with Crippen molar-refractivity contribution >= 4 is 11.7 Å². The lowest BCUT2D eigenvalue weighted by molar-refractivity contribution is -0.121. The van der Waals surface area contributed by atoms with Crippen LogP contribution in [-0.4, -0.2) is 50.4 Å². The van der Waals surface area contributed by atoms with Crippen LogP contribution in [0.1, 0.15) is 42.1 Å². The molecule has 0 unspecified atom stereocenters. The second-order valence-electron chi connectivity index (χ2n) is 7.37. The molecule has 2 aromatic carbocycles. The first-order valence-electron chi connectivity index (χ1n) is 10.4. The fourth-order valence-corrected chi connectivity index (χ4v) is 2.67. The second-order valence-corrected chi connectivity index (χ2v) is 7.37. The zero-order valence-electron chi connectivity index (χ0n) is 18.1. The summed E-state index contributed by atoms with van der Waals surface area (Å²) in [4.78, 5) is 26.4. The lowest BCUT2D eigenvalue weighted by Gasteiger charge is -2.11. The summed E-state index contributed by atoms with van der Waals surface area (Å²) in [7, 11) is 4.00. The van der Waals surface area contributed by atoms with Gasteiger partial charge in [-0.15, -0.1) is 0 Å². The molecule has 0 atom stereocenters. The van der Waals surface area contributed by atoms with Crippen molar-refractivity contribution in [3.05, 3.63) is 59.7 Å². The Labute approximate surface area is 179 Å². The van der Waals surface area contributed by atoms with Crippen LogP contribution in [0.25, 0.3) is 0 Å². The Kier molecular flexibility index (Phi) is 9.87. The highest BCUT2D eigenvalue weighted by atomic mass is 16.5. The van der Waals surface area contributed by atoms with E-state index in [2.05, 4.69) is 10.2 Å². The number of carbonyl (C=O) groups is 2. The number of nitrogens with one attached hydrogen (secondary N) is 1. The van der Waals surface area contributed by atoms with Gasteiger partial charge in [-0.1, -0.05) is 19.1 Å². The van der Waals surface area contributed by atoms with Crippen LogP contribution in [-0.2, 0) is 11.3 Å². The van der Waals surface area contributed by atoms with E-state index in [-0.39, 0.29) is 24.5 Å². The van der Waals surface area contributed by atoms with Gasteiger partial charge in [-0.3, -0.25) is 9.59 Å². The van der Waals surface area contributed by atoms with E-state index in [1.807, 2.05) is 45.3 Å². The first-order valence-corrected chi connectivity index (χ1v) is 10.4. The highest BCUT2D eigenvalue weighted by Crippen LogP contribution is 2.15. The van der Waals surface area contributed by atoms with Crippen LogP contribution in [0.4, 0.5) is 0 Å². The van der Waals surface area contributed by atoms with Gasteiger partial charge in [0.1, 0.15) is 18.1 Å². The predicted molar refractivity (Wildman–Crippen MR) is 118 cm³/mol. The Morgan fingerprint density at radius 2 is 1.47 bits per heavy atom. The van der Waals surface area contributed by atoms with Crippen molar-refractivity contribution in [2.75, 3.05) is 33.9 Å². The first-order chi connectivity index (χ1) is 14.5. The minimum atomic E-state index is -0.141. The molecule has 0 fully saturated rings. The van der Waals surface area contributed by atoms with Crippen LogP contribution in [0.2, 0.25) is 0 Å². The molecule has 0 spiro atoms. The molecule has 0 aromatic heterocycles. The molecule has 0 aliphatic rings. The minimum absolute atomic E-state index is 0.0496. The summed E-state index contributed by atoms with van der Waals surface area (Å²) in [6.45, 7) is 4.60. The third kappa shape index (κ3) is 8.66. The van der Waals surface area contributed by atoms with E-state index in [1.54, 1.807) is 24.3 Å². The Morgan fingerprint density at radius 3 is 2.07 bits per heavy atom. The van der Waals surface area contributed by atoms with E-state index < -0.39 is 0 Å². The van der Waals surface area contributed by atoms with Gasteiger partial charge in [0.15, 0.2) is 5.78 Å². The van der Waals surface area contributed by atoms with Gasteiger partial charge in [-0.05, 0) is 62.5 Å². The first kappa shape index (κ1) is 23.4. The van der Waals surface area contributed by atoms with Crippen LogP contribution in [0.3, 0.4) is 0 Å². The maximum atomic E-state index is 12.3. The number of Topliss-reactive ketones (excluding diaryl/α,β-unsaturated/α-hetero) is 1. The number of ether oxygens (including phenoxy) is 2. The largest absolute Gasteiger partial charge is 0.494 e. The fourth-order valence-electron chi connectivity index (χ4n) is 2.67. The van der Waals surface area contributed by atoms with E-state index >= 15 is 0 Å². The number of nitrogens with zero attached hydrogens (tertiary/aromatic N) is 1. The summed E-state index contributed by atoms with van der Waals surface area (Å²) >= 11 is 0. The standard InChI is InChI=1S/C24H32N2O4/c1-4-16-29-22-11-7-20(8-12-22)23(27)13-14-24(28)25-18-19-5-9-21(10-6-19)30-17-15-26(2)3/h5-12H,4,13-18H2,1-3H3,(H,25,28). The van der Waals surface area contributed by atoms with E-state index in [1.165, 1.54) is 0 Å². The van der Waals surface area contributed by atoms with Crippen LogP contribution in [0, 0.1) is 0 Å². The molecular formula is C24H32N2O4. The van der Waals surface area contributed by atoms with Crippen molar-refractivity contribution in [2.45, 2.75) is 32.7 Å². The van der Waals surface area contributed by atoms with E-state index in [0.29, 0.717) is 25.3 Å². The summed E-state index contributed by atoms with van der Waals surface area (Å²) in [5, 5.41) is 2.86. The van der Waals surface area contributed by atoms with Crippen molar-refractivity contribution in [3.8, 4) is 11.5 Å². The SMILES string of the molecule is CCCOc1ccc(C(=O)CCC(=O)NCc2ccc(OCCN(C)C)cc2)cc1. The number of ketones is 1. The maximum Gasteiger partial charge on any atom is 0.220 e. The number of likely N-dealkylation sites (N-methyl/N-ethyl adjacent to an activating group) is 1. The number of hydrogen-bond donors (Lipinski definition) is 1. The van der Waals surface area contributed by atoms with Crippen molar-refractivity contribution in [1.82, 2.24) is 10.2 Å². The zero-order chi connectivity index (χ0) is 21.8. The van der Waals surface area contributed by atoms with Gasteiger partial charge in [0.2, 0.25) is 5.91 Å². The van der Waals surface area contributed by atoms with Crippen molar-refractivity contribution in [1.29, 1.82) is 0 Å². The molecule has 162 valence electrons. The molecule has 0 saturated carbocycles. The van der Waals surface area contributed by atoms with Crippen molar-refractivity contribution in [2.24, 2.45) is 0 Å². The number of benzene rings is 2. The topological polar surface area (TPSA) is 67.9 Å². The van der Waals surface area contributed by atoms with Gasteiger partial charge in [-0.2, -0.15) is 0 Å². The molecule has 0 radical (unpaired) electrons. The Balaban J connectivity index is 1.69. The average Bonchev–Trinajstić information content (AvgIpc) is 2.75. The Hall–Kier alpha value is -2.86. The van der Waals surface area contributed by atoms with Gasteiger partial charge in [0.25, 0.3) is 0 Å². The molecular weight excluding hydrogens is 380 g/mol. The monoisotopic (exact) mass is 412 g/mol. The highest BCUT2D eigenvalue weighted by molar-refractivity contribution is 5.98. The van der Waals surface area contributed by atoms with Gasteiger partial charge < -0.3 is 19.7 Å². The molecule has 6 heteroatoms. The van der Waals surface area contributed by atoms with Crippen LogP contribution >= 0.6 is 0 Å². The normalized spacial score (nSPS) is 10.7. The summed E-state index contributed by atoms with van der Waals surface area (Å²) in [6, 6.07) is 14.7. The third-order valence-corrected chi connectivity index (χ3v) is 4.45. The zero-order valence-corrected chi connectivity index (χ0v) is 18.1. The van der Waals surface area contributed by atoms with Crippen molar-refractivity contribution < 1.29 is 19.1 Å². The Morgan fingerprint density at radius 1 is 0.867 bits per heavy atom. The maximum absolute atomic E-state index is 12.3. The summed E-state index contributed by atoms with van der Waals surface area (Å²) in [5.41, 5.74) is 1.58. The molecule has 6 nitrogen and oxygen atoms in total. The predicted octanol–water partition coefficient (Wildman–Crippen LogP) is 3.70.